The minimum atomic E-state index is 0.0420. The van der Waals surface area contributed by atoms with Crippen LogP contribution in [0.25, 0.3) is 0 Å². The van der Waals surface area contributed by atoms with Gasteiger partial charge < -0.3 is 9.47 Å². The third kappa shape index (κ3) is 2.38. The van der Waals surface area contributed by atoms with Crippen LogP contribution in [0, 0.1) is 0 Å². The Balaban J connectivity index is 2.13. The van der Waals surface area contributed by atoms with E-state index < -0.39 is 0 Å². The molecule has 1 aromatic rings. The van der Waals surface area contributed by atoms with Crippen LogP contribution in [0.5, 0.6) is 5.75 Å². The molecule has 0 saturated carbocycles. The van der Waals surface area contributed by atoms with Gasteiger partial charge in [-0.3, -0.25) is 4.79 Å². The first-order chi connectivity index (χ1) is 7.16. The Kier molecular flexibility index (Phi) is 3.07. The summed E-state index contributed by atoms with van der Waals surface area (Å²) >= 11 is 3.35. The van der Waals surface area contributed by atoms with E-state index in [1.165, 1.54) is 0 Å². The molecule has 1 heterocycles. The highest BCUT2D eigenvalue weighted by Gasteiger charge is 2.20. The Morgan fingerprint density at radius 2 is 2.27 bits per heavy atom. The topological polar surface area (TPSA) is 35.5 Å². The van der Waals surface area contributed by atoms with E-state index in [-0.39, 0.29) is 11.9 Å². The molecule has 0 radical (unpaired) electrons. The maximum Gasteiger partial charge on any atom is 0.160 e. The molecule has 0 aromatic heterocycles. The van der Waals surface area contributed by atoms with Crippen LogP contribution in [0.4, 0.5) is 0 Å². The van der Waals surface area contributed by atoms with Crippen molar-refractivity contribution in [2.75, 3.05) is 13.2 Å². The fraction of sp³-hybridized carbons (Fsp3) is 0.364. The molecule has 1 aromatic carbocycles. The zero-order valence-corrected chi connectivity index (χ0v) is 9.91. The molecule has 0 aliphatic carbocycles. The van der Waals surface area contributed by atoms with Crippen molar-refractivity contribution in [3.8, 4) is 5.75 Å². The molecule has 2 rings (SSSR count). The normalized spacial score (nSPS) is 15.9. The monoisotopic (exact) mass is 270 g/mol. The summed E-state index contributed by atoms with van der Waals surface area (Å²) in [6.07, 6.45) is 0.153. The lowest BCUT2D eigenvalue weighted by atomic mass is 10.1. The Morgan fingerprint density at radius 3 is 2.73 bits per heavy atom. The van der Waals surface area contributed by atoms with Crippen molar-refractivity contribution in [3.05, 3.63) is 28.2 Å². The Bertz CT molecular complexity index is 385. The van der Waals surface area contributed by atoms with E-state index in [9.17, 15) is 4.79 Å². The Hall–Kier alpha value is -0.870. The molecule has 1 saturated heterocycles. The number of halogens is 1. The van der Waals surface area contributed by atoms with Crippen molar-refractivity contribution in [1.82, 2.24) is 0 Å². The molecule has 0 amide bonds. The molecule has 0 atom stereocenters. The van der Waals surface area contributed by atoms with Crippen molar-refractivity contribution < 1.29 is 14.3 Å². The molecule has 15 heavy (non-hydrogen) atoms. The third-order valence-corrected chi connectivity index (χ3v) is 2.89. The lowest BCUT2D eigenvalue weighted by molar-refractivity contribution is -0.0797. The van der Waals surface area contributed by atoms with E-state index in [0.717, 1.165) is 10.2 Å². The maximum atomic E-state index is 11.2. The number of hydrogen-bond acceptors (Lipinski definition) is 3. The van der Waals surface area contributed by atoms with E-state index >= 15 is 0 Å². The molecular weight excluding hydrogens is 260 g/mol. The highest BCUT2D eigenvalue weighted by atomic mass is 79.9. The lowest BCUT2D eigenvalue weighted by Crippen LogP contribution is -2.38. The molecule has 0 bridgehead atoms. The van der Waals surface area contributed by atoms with Gasteiger partial charge in [-0.15, -0.1) is 0 Å². The van der Waals surface area contributed by atoms with Crippen LogP contribution in [0.1, 0.15) is 17.3 Å². The molecule has 1 aliphatic heterocycles. The van der Waals surface area contributed by atoms with Crippen molar-refractivity contribution >= 4 is 21.7 Å². The number of ketones is 1. The van der Waals surface area contributed by atoms with Gasteiger partial charge in [0.05, 0.1) is 13.2 Å². The second-order valence-electron chi connectivity index (χ2n) is 3.48. The number of Topliss-reactive ketones (excluding diaryl/α,β-unsaturated/α-hetero) is 1. The van der Waals surface area contributed by atoms with Crippen LogP contribution < -0.4 is 4.74 Å². The van der Waals surface area contributed by atoms with E-state index in [1.807, 2.05) is 6.07 Å². The van der Waals surface area contributed by atoms with Crippen LogP contribution in [0.15, 0.2) is 22.7 Å². The standard InChI is InChI=1S/C11H11BrO3/c1-7(13)10-3-2-8(4-11(10)12)15-9-5-14-6-9/h2-4,9H,5-6H2,1H3. The highest BCUT2D eigenvalue weighted by Crippen LogP contribution is 2.25. The zero-order chi connectivity index (χ0) is 10.8. The molecular formula is C11H11BrO3. The molecule has 4 heteroatoms. The summed E-state index contributed by atoms with van der Waals surface area (Å²) in [5, 5.41) is 0. The van der Waals surface area contributed by atoms with Gasteiger partial charge in [0.1, 0.15) is 11.9 Å². The number of rotatable bonds is 3. The van der Waals surface area contributed by atoms with Gasteiger partial charge >= 0.3 is 0 Å². The van der Waals surface area contributed by atoms with E-state index in [4.69, 9.17) is 9.47 Å². The molecule has 0 unspecified atom stereocenters. The molecule has 0 spiro atoms. The van der Waals surface area contributed by atoms with Crippen molar-refractivity contribution in [3.63, 3.8) is 0 Å². The molecule has 1 aliphatic rings. The van der Waals surface area contributed by atoms with Crippen LogP contribution in [0.3, 0.4) is 0 Å². The average molecular weight is 271 g/mol. The number of carbonyl (C=O) groups excluding carboxylic acids is 1. The maximum absolute atomic E-state index is 11.2. The quantitative estimate of drug-likeness (QED) is 0.792. The second-order valence-corrected chi connectivity index (χ2v) is 4.33. The summed E-state index contributed by atoms with van der Waals surface area (Å²) in [6, 6.07) is 5.39. The molecule has 0 N–H and O–H groups in total. The molecule has 80 valence electrons. The summed E-state index contributed by atoms with van der Waals surface area (Å²) in [6.45, 7) is 2.83. The van der Waals surface area contributed by atoms with Gasteiger partial charge in [0.2, 0.25) is 0 Å². The third-order valence-electron chi connectivity index (χ3n) is 2.23. The number of benzene rings is 1. The minimum Gasteiger partial charge on any atom is -0.486 e. The van der Waals surface area contributed by atoms with Crippen LogP contribution in [-0.4, -0.2) is 25.1 Å². The van der Waals surface area contributed by atoms with Gasteiger partial charge in [0.15, 0.2) is 5.78 Å². The summed E-state index contributed by atoms with van der Waals surface area (Å²) in [4.78, 5) is 11.2. The van der Waals surface area contributed by atoms with Crippen LogP contribution >= 0.6 is 15.9 Å². The first-order valence-corrected chi connectivity index (χ1v) is 5.51. The highest BCUT2D eigenvalue weighted by molar-refractivity contribution is 9.10. The van der Waals surface area contributed by atoms with E-state index in [2.05, 4.69) is 15.9 Å². The van der Waals surface area contributed by atoms with Gasteiger partial charge in [0.25, 0.3) is 0 Å². The predicted octanol–water partition coefficient (Wildman–Crippen LogP) is 2.43. The summed E-state index contributed by atoms with van der Waals surface area (Å²) in [5.74, 6) is 0.806. The Morgan fingerprint density at radius 1 is 1.53 bits per heavy atom. The van der Waals surface area contributed by atoms with Gasteiger partial charge in [-0.25, -0.2) is 0 Å². The average Bonchev–Trinajstić information content (AvgIpc) is 2.11. The first kappa shape index (κ1) is 10.6. The smallest absolute Gasteiger partial charge is 0.160 e. The Labute approximate surface area is 96.5 Å². The zero-order valence-electron chi connectivity index (χ0n) is 8.33. The fourth-order valence-electron chi connectivity index (χ4n) is 1.33. The molecule has 3 nitrogen and oxygen atoms in total. The van der Waals surface area contributed by atoms with Crippen LogP contribution in [0.2, 0.25) is 0 Å². The minimum absolute atomic E-state index is 0.0420. The second kappa shape index (κ2) is 4.33. The lowest BCUT2D eigenvalue weighted by Gasteiger charge is -2.26. The predicted molar refractivity (Wildman–Crippen MR) is 59.4 cm³/mol. The summed E-state index contributed by atoms with van der Waals surface area (Å²) in [7, 11) is 0. The number of hydrogen-bond donors (Lipinski definition) is 0. The summed E-state index contributed by atoms with van der Waals surface area (Å²) in [5.41, 5.74) is 0.673. The van der Waals surface area contributed by atoms with Gasteiger partial charge in [-0.2, -0.15) is 0 Å². The molecule has 1 fully saturated rings. The summed E-state index contributed by atoms with van der Waals surface area (Å²) < 4.78 is 11.4. The van der Waals surface area contributed by atoms with Gasteiger partial charge in [-0.05, 0) is 41.1 Å². The van der Waals surface area contributed by atoms with Crippen molar-refractivity contribution in [1.29, 1.82) is 0 Å². The van der Waals surface area contributed by atoms with E-state index in [1.54, 1.807) is 19.1 Å². The SMILES string of the molecule is CC(=O)c1ccc(OC2COC2)cc1Br. The van der Waals surface area contributed by atoms with Crippen LogP contribution in [-0.2, 0) is 4.74 Å². The van der Waals surface area contributed by atoms with Gasteiger partial charge in [-0.1, -0.05) is 0 Å². The number of carbonyl (C=O) groups is 1. The van der Waals surface area contributed by atoms with Crippen molar-refractivity contribution in [2.24, 2.45) is 0 Å². The van der Waals surface area contributed by atoms with Gasteiger partial charge in [0, 0.05) is 10.0 Å². The van der Waals surface area contributed by atoms with Crippen molar-refractivity contribution in [2.45, 2.75) is 13.0 Å². The largest absolute Gasteiger partial charge is 0.486 e. The first-order valence-electron chi connectivity index (χ1n) is 4.71. The van der Waals surface area contributed by atoms with E-state index in [0.29, 0.717) is 18.8 Å². The number of ether oxygens (including phenoxy) is 2. The fourth-order valence-corrected chi connectivity index (χ4v) is 1.97.